The van der Waals surface area contributed by atoms with Crippen molar-refractivity contribution in [2.45, 2.75) is 68.2 Å². The molecule has 2 rings (SSSR count). The largest absolute Gasteiger partial charge is 0.478 e. The number of aromatic carboxylic acids is 1. The number of rotatable bonds is 10. The van der Waals surface area contributed by atoms with Crippen LogP contribution in [-0.2, 0) is 4.74 Å². The van der Waals surface area contributed by atoms with E-state index in [1.807, 2.05) is 84.0 Å². The summed E-state index contributed by atoms with van der Waals surface area (Å²) in [5, 5.41) is 12.6. The van der Waals surface area contributed by atoms with Gasteiger partial charge in [-0.25, -0.2) is 9.79 Å². The SMILES string of the molecule is C/C=C\N=C(C)C(=N/C(=C\C)c1cccc(C(=O)O)c1)Nc1ccc(C)cc1.CC.CCCOCCC. The van der Waals surface area contributed by atoms with Gasteiger partial charge in [-0.3, -0.25) is 4.99 Å². The number of carboxylic acids is 1. The number of hydrogen-bond acceptors (Lipinski definition) is 4. The Morgan fingerprint density at radius 1 is 1.00 bits per heavy atom. The van der Waals surface area contributed by atoms with Gasteiger partial charge in [0.2, 0.25) is 0 Å². The van der Waals surface area contributed by atoms with E-state index in [0.29, 0.717) is 17.2 Å². The molecule has 6 nitrogen and oxygen atoms in total. The normalized spacial score (nSPS) is 11.8. The number of carbonyl (C=O) groups is 1. The van der Waals surface area contributed by atoms with Gasteiger partial charge in [0.05, 0.1) is 17.0 Å². The van der Waals surface area contributed by atoms with Crippen molar-refractivity contribution in [1.82, 2.24) is 0 Å². The van der Waals surface area contributed by atoms with Gasteiger partial charge in [-0.15, -0.1) is 0 Å². The Hall–Kier alpha value is -3.51. The molecule has 0 bridgehead atoms. The molecule has 0 spiro atoms. The van der Waals surface area contributed by atoms with Crippen LogP contribution >= 0.6 is 0 Å². The molecule has 0 aromatic heterocycles. The smallest absolute Gasteiger partial charge is 0.335 e. The number of amidine groups is 1. The predicted molar refractivity (Wildman–Crippen MR) is 160 cm³/mol. The van der Waals surface area contributed by atoms with Crippen molar-refractivity contribution in [3.8, 4) is 0 Å². The summed E-state index contributed by atoms with van der Waals surface area (Å²) in [5.74, 6) is -0.374. The van der Waals surface area contributed by atoms with Crippen molar-refractivity contribution < 1.29 is 14.6 Å². The fraction of sp³-hybridized carbons (Fsp3) is 0.387. The second kappa shape index (κ2) is 20.7. The molecule has 0 amide bonds. The summed E-state index contributed by atoms with van der Waals surface area (Å²) in [6.07, 6.45) is 7.68. The van der Waals surface area contributed by atoms with E-state index in [4.69, 9.17) is 9.73 Å². The molecule has 0 unspecified atom stereocenters. The fourth-order valence-electron chi connectivity index (χ4n) is 2.84. The molecule has 0 aliphatic heterocycles. The first kappa shape index (κ1) is 33.5. The monoisotopic (exact) mass is 507 g/mol. The molecule has 0 radical (unpaired) electrons. The summed E-state index contributed by atoms with van der Waals surface area (Å²) >= 11 is 0. The summed E-state index contributed by atoms with van der Waals surface area (Å²) in [5.41, 5.74) is 4.39. The molecule has 0 saturated heterocycles. The summed E-state index contributed by atoms with van der Waals surface area (Å²) in [4.78, 5) is 20.4. The molecule has 0 heterocycles. The summed E-state index contributed by atoms with van der Waals surface area (Å²) in [6.45, 7) is 17.8. The lowest BCUT2D eigenvalue weighted by molar-refractivity contribution is 0.0697. The number of aryl methyl sites for hydroxylation is 1. The maximum Gasteiger partial charge on any atom is 0.335 e. The van der Waals surface area contributed by atoms with Crippen LogP contribution in [0.1, 0.15) is 82.8 Å². The van der Waals surface area contributed by atoms with Crippen LogP contribution in [0, 0.1) is 6.92 Å². The Labute approximate surface area is 223 Å². The molecule has 2 N–H and O–H groups in total. The van der Waals surface area contributed by atoms with E-state index in [9.17, 15) is 9.90 Å². The van der Waals surface area contributed by atoms with Crippen molar-refractivity contribution in [3.05, 3.63) is 83.6 Å². The highest BCUT2D eigenvalue weighted by molar-refractivity contribution is 6.45. The van der Waals surface area contributed by atoms with Crippen LogP contribution in [0.15, 0.2) is 76.9 Å². The van der Waals surface area contributed by atoms with E-state index in [-0.39, 0.29) is 5.56 Å². The third-order valence-corrected chi connectivity index (χ3v) is 4.68. The number of nitrogens with zero attached hydrogens (tertiary/aromatic N) is 2. The van der Waals surface area contributed by atoms with Crippen LogP contribution in [-0.4, -0.2) is 35.8 Å². The number of ether oxygens (including phenoxy) is 1. The zero-order valence-electron chi connectivity index (χ0n) is 23.8. The molecular weight excluding hydrogens is 462 g/mol. The molecule has 0 saturated carbocycles. The Kier molecular flexibility index (Phi) is 18.7. The zero-order chi connectivity index (χ0) is 28.1. The lowest BCUT2D eigenvalue weighted by atomic mass is 10.1. The van der Waals surface area contributed by atoms with Crippen LogP contribution in [0.25, 0.3) is 5.70 Å². The van der Waals surface area contributed by atoms with Gasteiger partial charge in [0.25, 0.3) is 0 Å². The van der Waals surface area contributed by atoms with Crippen molar-refractivity contribution in [3.63, 3.8) is 0 Å². The van der Waals surface area contributed by atoms with Gasteiger partial charge in [0.1, 0.15) is 0 Å². The lowest BCUT2D eigenvalue weighted by Gasteiger charge is -2.12. The van der Waals surface area contributed by atoms with E-state index in [2.05, 4.69) is 24.2 Å². The topological polar surface area (TPSA) is 83.3 Å². The first-order valence-electron chi connectivity index (χ1n) is 13.0. The van der Waals surface area contributed by atoms with E-state index >= 15 is 0 Å². The first-order valence-corrected chi connectivity index (χ1v) is 13.0. The standard InChI is InChI=1S/C23H25N3O2.C6H14O.C2H6/c1-5-14-24-17(4)22(25-20-12-10-16(3)11-13-20)26-21(6-2)18-8-7-9-19(15-18)23(27)28;1-3-5-7-6-4-2;1-2/h5-15H,1-4H3,(H,25,26)(H,27,28);3-6H2,1-2H3;1-2H3/b14-5-,21-6-,24-17?;;. The highest BCUT2D eigenvalue weighted by Gasteiger charge is 2.10. The summed E-state index contributed by atoms with van der Waals surface area (Å²) in [6, 6.07) is 14.7. The maximum atomic E-state index is 11.3. The lowest BCUT2D eigenvalue weighted by Crippen LogP contribution is -2.21. The van der Waals surface area contributed by atoms with Gasteiger partial charge >= 0.3 is 5.97 Å². The van der Waals surface area contributed by atoms with Crippen LogP contribution in [0.2, 0.25) is 0 Å². The quantitative estimate of drug-likeness (QED) is 0.192. The second-order valence-electron chi connectivity index (χ2n) is 7.82. The number of aliphatic imine (C=N–C) groups is 2. The van der Waals surface area contributed by atoms with Crippen LogP contribution < -0.4 is 5.32 Å². The van der Waals surface area contributed by atoms with Gasteiger partial charge in [-0.1, -0.05) is 69.7 Å². The zero-order valence-corrected chi connectivity index (χ0v) is 23.8. The number of hydrogen-bond donors (Lipinski definition) is 2. The predicted octanol–water partition coefficient (Wildman–Crippen LogP) is 8.41. The number of carboxylic acid groups (broad SMARTS) is 1. The minimum atomic E-state index is -0.967. The van der Waals surface area contributed by atoms with Crippen molar-refractivity contribution in [2.24, 2.45) is 9.98 Å². The Bertz CT molecular complexity index is 1030. The fourth-order valence-corrected chi connectivity index (χ4v) is 2.84. The van der Waals surface area contributed by atoms with Gasteiger partial charge < -0.3 is 15.2 Å². The number of allylic oxidation sites excluding steroid dienone is 2. The van der Waals surface area contributed by atoms with Gasteiger partial charge in [-0.05, 0) is 64.8 Å². The molecule has 37 heavy (non-hydrogen) atoms. The van der Waals surface area contributed by atoms with Gasteiger partial charge in [0.15, 0.2) is 5.84 Å². The van der Waals surface area contributed by atoms with Gasteiger partial charge in [-0.2, -0.15) is 0 Å². The summed E-state index contributed by atoms with van der Waals surface area (Å²) < 4.78 is 5.13. The average Bonchev–Trinajstić information content (AvgIpc) is 2.92. The molecule has 202 valence electrons. The number of benzene rings is 2. The van der Waals surface area contributed by atoms with Crippen molar-refractivity contribution in [2.75, 3.05) is 18.5 Å². The molecular formula is C31H45N3O3. The van der Waals surface area contributed by atoms with Crippen LogP contribution in [0.5, 0.6) is 0 Å². The molecule has 6 heteroatoms. The van der Waals surface area contributed by atoms with E-state index in [0.717, 1.165) is 37.3 Å². The third kappa shape index (κ3) is 14.0. The second-order valence-corrected chi connectivity index (χ2v) is 7.82. The van der Waals surface area contributed by atoms with Crippen molar-refractivity contribution >= 4 is 28.9 Å². The third-order valence-electron chi connectivity index (χ3n) is 4.68. The van der Waals surface area contributed by atoms with Crippen LogP contribution in [0.3, 0.4) is 0 Å². The first-order chi connectivity index (χ1) is 17.9. The van der Waals surface area contributed by atoms with E-state index in [1.54, 1.807) is 24.4 Å². The minimum Gasteiger partial charge on any atom is -0.478 e. The Morgan fingerprint density at radius 3 is 2.11 bits per heavy atom. The molecule has 0 fully saturated rings. The minimum absolute atomic E-state index is 0.222. The molecule has 2 aromatic rings. The average molecular weight is 508 g/mol. The van der Waals surface area contributed by atoms with E-state index < -0.39 is 5.97 Å². The number of nitrogens with one attached hydrogen (secondary N) is 1. The van der Waals surface area contributed by atoms with Crippen molar-refractivity contribution in [1.29, 1.82) is 0 Å². The van der Waals surface area contributed by atoms with Crippen LogP contribution in [0.4, 0.5) is 5.69 Å². The molecule has 0 atom stereocenters. The van der Waals surface area contributed by atoms with E-state index in [1.165, 1.54) is 5.56 Å². The summed E-state index contributed by atoms with van der Waals surface area (Å²) in [7, 11) is 0. The molecule has 0 aliphatic carbocycles. The number of anilines is 1. The molecule has 0 aliphatic rings. The Morgan fingerprint density at radius 2 is 1.59 bits per heavy atom. The highest BCUT2D eigenvalue weighted by atomic mass is 16.5. The Balaban J connectivity index is 0.00000124. The molecule has 2 aromatic carbocycles. The van der Waals surface area contributed by atoms with Gasteiger partial charge in [0, 0.05) is 30.7 Å². The highest BCUT2D eigenvalue weighted by Crippen LogP contribution is 2.19. The maximum absolute atomic E-state index is 11.3.